The van der Waals surface area contributed by atoms with Crippen LogP contribution < -0.4 is 23.5 Å². The van der Waals surface area contributed by atoms with Gasteiger partial charge in [-0.05, 0) is 35.2 Å². The lowest BCUT2D eigenvalue weighted by Gasteiger charge is -2.17. The molecule has 30 heavy (non-hydrogen) atoms. The van der Waals surface area contributed by atoms with Crippen LogP contribution in [0.25, 0.3) is 22.0 Å². The molecule has 0 bridgehead atoms. The number of methoxy groups -OCH3 is 2. The van der Waals surface area contributed by atoms with Crippen molar-refractivity contribution >= 4 is 21.2 Å². The first-order valence-corrected chi connectivity index (χ1v) is 10.4. The summed E-state index contributed by atoms with van der Waals surface area (Å²) in [6, 6.07) is 10.4. The van der Waals surface area contributed by atoms with Crippen molar-refractivity contribution in [3.05, 3.63) is 42.1 Å². The average molecular weight is 434 g/mol. The van der Waals surface area contributed by atoms with Crippen LogP contribution in [-0.4, -0.2) is 38.5 Å². The van der Waals surface area contributed by atoms with Crippen LogP contribution in [0.3, 0.4) is 0 Å². The molecular weight excluding hydrogens is 414 g/mol. The standard InChI is InChI=1S/C20H18NO4.H2O4S/c1-22-17-4-3-12-7-16-14-9-19-18(24-11-25-19)8-13(14)5-6-21(16)10-15(12)20(17)23-2;1-5(2,3)4/h3-4,7-10H,5-6,11H2,1-2H3;(H2,1,2,3,4)/q+1;. The summed E-state index contributed by atoms with van der Waals surface area (Å²) in [5, 5.41) is 2.17. The summed E-state index contributed by atoms with van der Waals surface area (Å²) in [4.78, 5) is 0. The van der Waals surface area contributed by atoms with Crippen LogP contribution in [0.5, 0.6) is 23.0 Å². The molecular formula is C20H20NO8S+. The Labute approximate surface area is 173 Å². The molecule has 2 aliphatic rings. The van der Waals surface area contributed by atoms with E-state index in [2.05, 4.69) is 35.0 Å². The number of rotatable bonds is 2. The van der Waals surface area contributed by atoms with Crippen LogP contribution >= 0.6 is 0 Å². The Kier molecular flexibility index (Phi) is 5.14. The SMILES string of the molecule is COc1ccc2cc3[n+](cc2c1OC)CCc1cc2c(cc1-3)OCO2.O=S(=O)(O)O. The quantitative estimate of drug-likeness (QED) is 0.467. The second-order valence-corrected chi connectivity index (χ2v) is 7.61. The van der Waals surface area contributed by atoms with Gasteiger partial charge in [-0.15, -0.1) is 0 Å². The predicted molar refractivity (Wildman–Crippen MR) is 107 cm³/mol. The molecule has 0 unspecified atom stereocenters. The predicted octanol–water partition coefficient (Wildman–Crippen LogP) is 2.44. The molecule has 2 N–H and O–H groups in total. The normalized spacial score (nSPS) is 13.7. The highest BCUT2D eigenvalue weighted by Gasteiger charge is 2.28. The Morgan fingerprint density at radius 1 is 1.03 bits per heavy atom. The Bertz CT molecular complexity index is 1230. The monoisotopic (exact) mass is 434 g/mol. The van der Waals surface area contributed by atoms with Gasteiger partial charge in [0.1, 0.15) is 0 Å². The van der Waals surface area contributed by atoms with Crippen LogP contribution in [0.1, 0.15) is 5.56 Å². The van der Waals surface area contributed by atoms with Crippen LogP contribution in [0.2, 0.25) is 0 Å². The topological polar surface area (TPSA) is 115 Å². The molecule has 0 saturated heterocycles. The molecule has 2 aromatic carbocycles. The van der Waals surface area contributed by atoms with Crippen molar-refractivity contribution < 1.29 is 41.0 Å². The zero-order chi connectivity index (χ0) is 21.5. The van der Waals surface area contributed by atoms with Gasteiger partial charge in [0.05, 0.1) is 25.2 Å². The fraction of sp³-hybridized carbons (Fsp3) is 0.250. The number of aromatic nitrogens is 1. The first-order valence-electron chi connectivity index (χ1n) is 8.99. The number of hydrogen-bond donors (Lipinski definition) is 2. The fourth-order valence-electron chi connectivity index (χ4n) is 3.77. The Balaban J connectivity index is 0.000000393. The second-order valence-electron chi connectivity index (χ2n) is 6.72. The van der Waals surface area contributed by atoms with E-state index < -0.39 is 10.4 Å². The van der Waals surface area contributed by atoms with Crippen LogP contribution in [0, 0.1) is 0 Å². The summed E-state index contributed by atoms with van der Waals surface area (Å²) in [5.74, 6) is 3.18. The Morgan fingerprint density at radius 3 is 2.40 bits per heavy atom. The van der Waals surface area contributed by atoms with E-state index in [9.17, 15) is 0 Å². The van der Waals surface area contributed by atoms with Gasteiger partial charge in [0.15, 0.2) is 35.7 Å². The minimum absolute atomic E-state index is 0.299. The van der Waals surface area contributed by atoms with Gasteiger partial charge in [-0.2, -0.15) is 13.0 Å². The molecule has 0 fully saturated rings. The van der Waals surface area contributed by atoms with Gasteiger partial charge in [0.2, 0.25) is 12.5 Å². The largest absolute Gasteiger partial charge is 0.493 e. The zero-order valence-corrected chi connectivity index (χ0v) is 17.1. The van der Waals surface area contributed by atoms with Gasteiger partial charge in [-0.25, -0.2) is 0 Å². The molecule has 3 aromatic rings. The van der Waals surface area contributed by atoms with E-state index in [0.29, 0.717) is 6.79 Å². The number of ether oxygens (including phenoxy) is 4. The molecule has 0 radical (unpaired) electrons. The molecule has 10 heteroatoms. The lowest BCUT2D eigenvalue weighted by Crippen LogP contribution is -2.40. The summed E-state index contributed by atoms with van der Waals surface area (Å²) in [6.45, 7) is 1.21. The zero-order valence-electron chi connectivity index (χ0n) is 16.3. The summed E-state index contributed by atoms with van der Waals surface area (Å²) >= 11 is 0. The number of hydrogen-bond acceptors (Lipinski definition) is 6. The minimum atomic E-state index is -4.67. The van der Waals surface area contributed by atoms with Crippen molar-refractivity contribution in [2.75, 3.05) is 21.0 Å². The van der Waals surface area contributed by atoms with E-state index in [1.54, 1.807) is 14.2 Å². The highest BCUT2D eigenvalue weighted by Crippen LogP contribution is 2.41. The third kappa shape index (κ3) is 3.84. The molecule has 9 nitrogen and oxygen atoms in total. The third-order valence-corrected chi connectivity index (χ3v) is 5.00. The second kappa shape index (κ2) is 7.63. The van der Waals surface area contributed by atoms with Crippen molar-refractivity contribution in [3.8, 4) is 34.3 Å². The molecule has 5 rings (SSSR count). The number of benzene rings is 2. The summed E-state index contributed by atoms with van der Waals surface area (Å²) < 4.78 is 56.0. The van der Waals surface area contributed by atoms with Gasteiger partial charge < -0.3 is 18.9 Å². The lowest BCUT2D eigenvalue weighted by atomic mass is 9.95. The third-order valence-electron chi connectivity index (χ3n) is 5.00. The number of fused-ring (bicyclic) bond motifs is 5. The van der Waals surface area contributed by atoms with Gasteiger partial charge in [-0.3, -0.25) is 9.11 Å². The van der Waals surface area contributed by atoms with E-state index in [0.717, 1.165) is 46.7 Å². The molecule has 0 aliphatic carbocycles. The average Bonchev–Trinajstić information content (AvgIpc) is 3.16. The van der Waals surface area contributed by atoms with Gasteiger partial charge in [-0.1, -0.05) is 0 Å². The van der Waals surface area contributed by atoms with Crippen LogP contribution in [0.4, 0.5) is 0 Å². The molecule has 2 aliphatic heterocycles. The Morgan fingerprint density at radius 2 is 1.73 bits per heavy atom. The highest BCUT2D eigenvalue weighted by atomic mass is 32.3. The van der Waals surface area contributed by atoms with E-state index in [1.165, 1.54) is 16.8 Å². The molecule has 0 spiro atoms. The lowest BCUT2D eigenvalue weighted by molar-refractivity contribution is -0.686. The van der Waals surface area contributed by atoms with E-state index in [1.807, 2.05) is 6.07 Å². The van der Waals surface area contributed by atoms with Crippen molar-refractivity contribution in [2.45, 2.75) is 13.0 Å². The number of pyridine rings is 1. The maximum absolute atomic E-state index is 8.74. The first kappa shape index (κ1) is 20.2. The molecule has 0 amide bonds. The van der Waals surface area contributed by atoms with Crippen molar-refractivity contribution in [2.24, 2.45) is 0 Å². The molecule has 158 valence electrons. The van der Waals surface area contributed by atoms with Crippen molar-refractivity contribution in [3.63, 3.8) is 0 Å². The van der Waals surface area contributed by atoms with Crippen molar-refractivity contribution in [1.82, 2.24) is 0 Å². The van der Waals surface area contributed by atoms with E-state index >= 15 is 0 Å². The number of aryl methyl sites for hydroxylation is 2. The van der Waals surface area contributed by atoms with Crippen LogP contribution in [-0.2, 0) is 23.4 Å². The summed E-state index contributed by atoms with van der Waals surface area (Å²) in [7, 11) is -1.33. The van der Waals surface area contributed by atoms with Gasteiger partial charge in [0.25, 0.3) is 0 Å². The maximum Gasteiger partial charge on any atom is 0.394 e. The Hall–Kier alpha value is -3.08. The van der Waals surface area contributed by atoms with Gasteiger partial charge >= 0.3 is 10.4 Å². The number of nitrogens with zero attached hydrogens (tertiary/aromatic N) is 1. The van der Waals surface area contributed by atoms with Crippen molar-refractivity contribution in [1.29, 1.82) is 0 Å². The summed E-state index contributed by atoms with van der Waals surface area (Å²) in [5.41, 5.74) is 3.68. The van der Waals surface area contributed by atoms with Crippen LogP contribution in [0.15, 0.2) is 36.5 Å². The molecule has 0 atom stereocenters. The van der Waals surface area contributed by atoms with E-state index in [-0.39, 0.29) is 0 Å². The molecule has 3 heterocycles. The maximum atomic E-state index is 8.74. The molecule has 1 aromatic heterocycles. The fourth-order valence-corrected chi connectivity index (χ4v) is 3.77. The highest BCUT2D eigenvalue weighted by molar-refractivity contribution is 7.79. The summed E-state index contributed by atoms with van der Waals surface area (Å²) in [6.07, 6.45) is 3.11. The molecule has 0 saturated carbocycles. The smallest absolute Gasteiger partial charge is 0.394 e. The van der Waals surface area contributed by atoms with Gasteiger partial charge in [0, 0.05) is 12.5 Å². The first-order chi connectivity index (χ1) is 14.3. The minimum Gasteiger partial charge on any atom is -0.493 e. The van der Waals surface area contributed by atoms with E-state index in [4.69, 9.17) is 36.5 Å².